The topological polar surface area (TPSA) is 49.3 Å². The van der Waals surface area contributed by atoms with Crippen molar-refractivity contribution >= 4 is 33.3 Å². The average molecular weight is 421 g/mol. The van der Waals surface area contributed by atoms with Crippen LogP contribution >= 0.6 is 11.3 Å². The monoisotopic (exact) mass is 420 g/mol. The number of carbonyl (C=O) groups excluding carboxylic acids is 1. The molecule has 1 aliphatic heterocycles. The normalized spacial score (nSPS) is 16.7. The molecule has 0 atom stereocenters. The van der Waals surface area contributed by atoms with E-state index in [1.54, 1.807) is 0 Å². The maximum atomic E-state index is 12.9. The SMILES string of the molecule is CCc1ccc(C(=O)N2CCN(c3nc(C)nc4sc5c(c34)CCCC5)CC2)cc1. The Hall–Kier alpha value is -2.47. The van der Waals surface area contributed by atoms with Crippen LogP contribution in [-0.2, 0) is 19.3 Å². The van der Waals surface area contributed by atoms with Gasteiger partial charge >= 0.3 is 0 Å². The highest BCUT2D eigenvalue weighted by Gasteiger charge is 2.27. The van der Waals surface area contributed by atoms with Crippen LogP contribution in [-0.4, -0.2) is 47.0 Å². The molecule has 2 aromatic heterocycles. The minimum absolute atomic E-state index is 0.134. The van der Waals surface area contributed by atoms with E-state index in [0.29, 0.717) is 0 Å². The van der Waals surface area contributed by atoms with E-state index >= 15 is 0 Å². The second-order valence-electron chi connectivity index (χ2n) is 8.32. The Morgan fingerprint density at radius 1 is 1.03 bits per heavy atom. The zero-order chi connectivity index (χ0) is 20.7. The highest BCUT2D eigenvalue weighted by molar-refractivity contribution is 7.19. The standard InChI is InChI=1S/C24H28N4OS/c1-3-17-8-10-18(11-9-17)24(29)28-14-12-27(13-15-28)22-21-19-6-4-5-7-20(19)30-23(21)26-16(2)25-22/h8-11H,3-7,12-15H2,1-2H3. The molecule has 0 bridgehead atoms. The van der Waals surface area contributed by atoms with Crippen molar-refractivity contribution in [2.75, 3.05) is 31.1 Å². The predicted molar refractivity (Wildman–Crippen MR) is 123 cm³/mol. The molecule has 0 N–H and O–H groups in total. The second-order valence-corrected chi connectivity index (χ2v) is 9.40. The third-order valence-electron chi connectivity index (χ3n) is 6.38. The molecular formula is C24H28N4OS. The Morgan fingerprint density at radius 2 is 1.77 bits per heavy atom. The van der Waals surface area contributed by atoms with E-state index in [1.807, 2.05) is 35.3 Å². The molecule has 30 heavy (non-hydrogen) atoms. The van der Waals surface area contributed by atoms with Gasteiger partial charge in [0.15, 0.2) is 0 Å². The largest absolute Gasteiger partial charge is 0.352 e. The van der Waals surface area contributed by atoms with Gasteiger partial charge in [0, 0.05) is 36.6 Å². The lowest BCUT2D eigenvalue weighted by atomic mass is 9.97. The van der Waals surface area contributed by atoms with Crippen molar-refractivity contribution in [1.82, 2.24) is 14.9 Å². The van der Waals surface area contributed by atoms with Gasteiger partial charge in [0.05, 0.1) is 5.39 Å². The molecule has 0 radical (unpaired) electrons. The van der Waals surface area contributed by atoms with E-state index < -0.39 is 0 Å². The number of aromatic nitrogens is 2. The maximum Gasteiger partial charge on any atom is 0.253 e. The van der Waals surface area contributed by atoms with Crippen LogP contribution in [0.2, 0.25) is 0 Å². The summed E-state index contributed by atoms with van der Waals surface area (Å²) < 4.78 is 0. The molecule has 1 fully saturated rings. The van der Waals surface area contributed by atoms with Crippen molar-refractivity contribution in [2.45, 2.75) is 46.0 Å². The van der Waals surface area contributed by atoms with Gasteiger partial charge in [0.25, 0.3) is 5.91 Å². The third-order valence-corrected chi connectivity index (χ3v) is 7.57. The number of rotatable bonds is 3. The van der Waals surface area contributed by atoms with E-state index in [9.17, 15) is 4.79 Å². The van der Waals surface area contributed by atoms with Crippen molar-refractivity contribution in [3.63, 3.8) is 0 Å². The van der Waals surface area contributed by atoms with Crippen molar-refractivity contribution in [1.29, 1.82) is 0 Å². The quantitative estimate of drug-likeness (QED) is 0.630. The summed E-state index contributed by atoms with van der Waals surface area (Å²) in [7, 11) is 0. The molecule has 1 aromatic carbocycles. The third kappa shape index (κ3) is 3.47. The Balaban J connectivity index is 1.37. The fourth-order valence-electron chi connectivity index (χ4n) is 4.66. The molecule has 1 aliphatic carbocycles. The number of piperazine rings is 1. The van der Waals surface area contributed by atoms with E-state index in [-0.39, 0.29) is 5.91 Å². The number of carbonyl (C=O) groups is 1. The van der Waals surface area contributed by atoms with Gasteiger partial charge in [-0.25, -0.2) is 9.97 Å². The van der Waals surface area contributed by atoms with Crippen molar-refractivity contribution in [3.8, 4) is 0 Å². The van der Waals surface area contributed by atoms with Gasteiger partial charge in [-0.2, -0.15) is 0 Å². The lowest BCUT2D eigenvalue weighted by Crippen LogP contribution is -2.49. The van der Waals surface area contributed by atoms with Crippen molar-refractivity contribution in [2.24, 2.45) is 0 Å². The first-order chi connectivity index (χ1) is 14.6. The van der Waals surface area contributed by atoms with Crippen molar-refractivity contribution in [3.05, 3.63) is 51.7 Å². The summed E-state index contributed by atoms with van der Waals surface area (Å²) >= 11 is 1.86. The van der Waals surface area contributed by atoms with E-state index in [2.05, 4.69) is 24.0 Å². The smallest absolute Gasteiger partial charge is 0.253 e. The molecule has 0 saturated carbocycles. The number of fused-ring (bicyclic) bond motifs is 3. The number of hydrogen-bond donors (Lipinski definition) is 0. The molecule has 156 valence electrons. The summed E-state index contributed by atoms with van der Waals surface area (Å²) in [4.78, 5) is 29.5. The number of benzene rings is 1. The van der Waals surface area contributed by atoms with Gasteiger partial charge in [-0.15, -0.1) is 11.3 Å². The van der Waals surface area contributed by atoms with Crippen molar-refractivity contribution < 1.29 is 4.79 Å². The fraction of sp³-hybridized carbons (Fsp3) is 0.458. The van der Waals surface area contributed by atoms with Gasteiger partial charge in [-0.3, -0.25) is 4.79 Å². The Kier molecular flexibility index (Phi) is 5.19. The summed E-state index contributed by atoms with van der Waals surface area (Å²) in [6, 6.07) is 8.04. The van der Waals surface area contributed by atoms with E-state index in [1.165, 1.54) is 40.7 Å². The first-order valence-electron chi connectivity index (χ1n) is 11.1. The van der Waals surface area contributed by atoms with Crippen LogP contribution in [0.5, 0.6) is 0 Å². The summed E-state index contributed by atoms with van der Waals surface area (Å²) in [5.74, 6) is 2.05. The molecule has 5 rings (SSSR count). The molecule has 0 unspecified atom stereocenters. The maximum absolute atomic E-state index is 12.9. The van der Waals surface area contributed by atoms with Gasteiger partial charge < -0.3 is 9.80 Å². The zero-order valence-corrected chi connectivity index (χ0v) is 18.6. The van der Waals surface area contributed by atoms with Gasteiger partial charge in [0.2, 0.25) is 0 Å². The van der Waals surface area contributed by atoms with Crippen LogP contribution in [0.25, 0.3) is 10.2 Å². The number of anilines is 1. The molecule has 5 nitrogen and oxygen atoms in total. The second kappa shape index (κ2) is 7.99. The first-order valence-corrected chi connectivity index (χ1v) is 11.9. The molecule has 6 heteroatoms. The van der Waals surface area contributed by atoms with Crippen LogP contribution in [0.1, 0.15) is 52.0 Å². The van der Waals surface area contributed by atoms with Crippen LogP contribution in [0.15, 0.2) is 24.3 Å². The number of aryl methyl sites for hydroxylation is 4. The van der Waals surface area contributed by atoms with Crippen LogP contribution in [0, 0.1) is 6.92 Å². The fourth-order valence-corrected chi connectivity index (χ4v) is 5.96. The summed E-state index contributed by atoms with van der Waals surface area (Å²) in [6.07, 6.45) is 5.84. The molecule has 2 aliphatic rings. The highest BCUT2D eigenvalue weighted by Crippen LogP contribution is 2.39. The average Bonchev–Trinajstić information content (AvgIpc) is 3.16. The number of amides is 1. The Bertz CT molecular complexity index is 1080. The van der Waals surface area contributed by atoms with Gasteiger partial charge in [0.1, 0.15) is 16.5 Å². The minimum atomic E-state index is 0.134. The zero-order valence-electron chi connectivity index (χ0n) is 17.8. The number of thiophene rings is 1. The summed E-state index contributed by atoms with van der Waals surface area (Å²) in [5.41, 5.74) is 3.53. The Labute approximate surface area is 181 Å². The van der Waals surface area contributed by atoms with E-state index in [4.69, 9.17) is 9.97 Å². The molecular weight excluding hydrogens is 392 g/mol. The molecule has 3 heterocycles. The first kappa shape index (κ1) is 19.5. The van der Waals surface area contributed by atoms with Crippen LogP contribution in [0.4, 0.5) is 5.82 Å². The van der Waals surface area contributed by atoms with Gasteiger partial charge in [-0.1, -0.05) is 19.1 Å². The van der Waals surface area contributed by atoms with Crippen LogP contribution in [0.3, 0.4) is 0 Å². The highest BCUT2D eigenvalue weighted by atomic mass is 32.1. The minimum Gasteiger partial charge on any atom is -0.352 e. The number of hydrogen-bond acceptors (Lipinski definition) is 5. The Morgan fingerprint density at radius 3 is 2.50 bits per heavy atom. The van der Waals surface area contributed by atoms with Crippen LogP contribution < -0.4 is 4.90 Å². The molecule has 1 saturated heterocycles. The summed E-state index contributed by atoms with van der Waals surface area (Å²) in [5, 5.41) is 1.27. The molecule has 0 spiro atoms. The van der Waals surface area contributed by atoms with E-state index in [0.717, 1.165) is 61.1 Å². The predicted octanol–water partition coefficient (Wildman–Crippen LogP) is 4.40. The number of nitrogens with zero attached hydrogens (tertiary/aromatic N) is 4. The molecule has 3 aromatic rings. The summed E-state index contributed by atoms with van der Waals surface area (Å²) in [6.45, 7) is 7.20. The lowest BCUT2D eigenvalue weighted by Gasteiger charge is -2.36. The lowest BCUT2D eigenvalue weighted by molar-refractivity contribution is 0.0746. The molecule has 1 amide bonds. The van der Waals surface area contributed by atoms with Gasteiger partial charge in [-0.05, 0) is 62.3 Å².